The van der Waals surface area contributed by atoms with Crippen molar-refractivity contribution in [3.63, 3.8) is 0 Å². The van der Waals surface area contributed by atoms with Gasteiger partial charge in [0.2, 0.25) is 0 Å². The van der Waals surface area contributed by atoms with Gasteiger partial charge in [0.1, 0.15) is 11.9 Å². The van der Waals surface area contributed by atoms with Gasteiger partial charge < -0.3 is 5.11 Å². The second kappa shape index (κ2) is 5.88. The zero-order chi connectivity index (χ0) is 14.0. The van der Waals surface area contributed by atoms with E-state index in [1.54, 1.807) is 12.1 Å². The second-order valence-electron chi connectivity index (χ2n) is 5.09. The van der Waals surface area contributed by atoms with Gasteiger partial charge in [0, 0.05) is 12.1 Å². The smallest absolute Gasteiger partial charge is 0.321 e. The lowest BCUT2D eigenvalue weighted by atomic mass is 9.90. The summed E-state index contributed by atoms with van der Waals surface area (Å²) in [4.78, 5) is 13.2. The largest absolute Gasteiger partial charge is 0.480 e. The van der Waals surface area contributed by atoms with Crippen molar-refractivity contribution in [1.29, 1.82) is 0 Å². The number of aliphatic carboxylic acids is 1. The third-order valence-electron chi connectivity index (χ3n) is 3.70. The van der Waals surface area contributed by atoms with Crippen molar-refractivity contribution in [1.82, 2.24) is 4.90 Å². The fourth-order valence-corrected chi connectivity index (χ4v) is 2.93. The van der Waals surface area contributed by atoms with Gasteiger partial charge in [0.15, 0.2) is 0 Å². The summed E-state index contributed by atoms with van der Waals surface area (Å²) in [5.74, 6) is -1.21. The van der Waals surface area contributed by atoms with Crippen LogP contribution in [0.5, 0.6) is 0 Å². The van der Waals surface area contributed by atoms with E-state index in [0.29, 0.717) is 12.1 Å². The van der Waals surface area contributed by atoms with Crippen molar-refractivity contribution in [3.05, 3.63) is 34.6 Å². The molecule has 3 nitrogen and oxygen atoms in total. The minimum absolute atomic E-state index is 0.0773. The van der Waals surface area contributed by atoms with Crippen LogP contribution in [-0.4, -0.2) is 28.6 Å². The summed E-state index contributed by atoms with van der Waals surface area (Å²) in [5.41, 5.74) is 0.452. The van der Waals surface area contributed by atoms with E-state index in [2.05, 4.69) is 0 Å². The lowest BCUT2D eigenvalue weighted by Gasteiger charge is -2.37. The monoisotopic (exact) mass is 285 g/mol. The van der Waals surface area contributed by atoms with Crippen LogP contribution in [0.2, 0.25) is 5.02 Å². The van der Waals surface area contributed by atoms with E-state index in [9.17, 15) is 14.3 Å². The molecule has 1 aromatic carbocycles. The van der Waals surface area contributed by atoms with E-state index >= 15 is 0 Å². The van der Waals surface area contributed by atoms with Crippen LogP contribution in [0.3, 0.4) is 0 Å². The summed E-state index contributed by atoms with van der Waals surface area (Å²) >= 11 is 5.75. The molecule has 1 fully saturated rings. The van der Waals surface area contributed by atoms with Crippen molar-refractivity contribution in [3.8, 4) is 0 Å². The van der Waals surface area contributed by atoms with E-state index in [-0.39, 0.29) is 17.5 Å². The van der Waals surface area contributed by atoms with Gasteiger partial charge in [-0.25, -0.2) is 4.39 Å². The van der Waals surface area contributed by atoms with E-state index in [4.69, 9.17) is 11.6 Å². The molecule has 2 unspecified atom stereocenters. The fourth-order valence-electron chi connectivity index (χ4n) is 2.74. The summed E-state index contributed by atoms with van der Waals surface area (Å²) < 4.78 is 13.9. The molecule has 0 bridgehead atoms. The molecule has 1 N–H and O–H groups in total. The highest BCUT2D eigenvalue weighted by Crippen LogP contribution is 2.27. The van der Waals surface area contributed by atoms with Crippen LogP contribution in [0.25, 0.3) is 0 Å². The molecule has 1 heterocycles. The zero-order valence-electron chi connectivity index (χ0n) is 10.8. The van der Waals surface area contributed by atoms with Gasteiger partial charge in [-0.1, -0.05) is 30.7 Å². The lowest BCUT2D eigenvalue weighted by Crippen LogP contribution is -2.48. The van der Waals surface area contributed by atoms with Crippen LogP contribution in [-0.2, 0) is 11.3 Å². The number of carbonyl (C=O) groups is 1. The highest BCUT2D eigenvalue weighted by molar-refractivity contribution is 6.30. The Bertz CT molecular complexity index is 481. The van der Waals surface area contributed by atoms with Gasteiger partial charge in [-0.3, -0.25) is 9.69 Å². The number of hydrogen-bond donors (Lipinski definition) is 1. The molecule has 0 amide bonds. The molecule has 1 aliphatic heterocycles. The minimum atomic E-state index is -0.838. The molecule has 0 radical (unpaired) electrons. The summed E-state index contributed by atoms with van der Waals surface area (Å²) in [5, 5.41) is 9.40. The topological polar surface area (TPSA) is 40.5 Å². The first-order chi connectivity index (χ1) is 9.00. The molecule has 0 aromatic heterocycles. The van der Waals surface area contributed by atoms with Crippen LogP contribution >= 0.6 is 11.6 Å². The molecule has 104 valence electrons. The van der Waals surface area contributed by atoms with Crippen LogP contribution in [0.15, 0.2) is 18.2 Å². The Balaban J connectivity index is 2.20. The SMILES string of the molecule is CC1CCCN(Cc2cccc(Cl)c2F)C1C(=O)O. The summed E-state index contributed by atoms with van der Waals surface area (Å²) in [6.45, 7) is 2.89. The molecular formula is C14H17ClFNO2. The molecule has 19 heavy (non-hydrogen) atoms. The number of halogens is 2. The van der Waals surface area contributed by atoms with Crippen molar-refractivity contribution < 1.29 is 14.3 Å². The lowest BCUT2D eigenvalue weighted by molar-refractivity contribution is -0.147. The molecule has 0 aliphatic carbocycles. The number of benzene rings is 1. The number of rotatable bonds is 3. The number of likely N-dealkylation sites (tertiary alicyclic amines) is 1. The first-order valence-corrected chi connectivity index (χ1v) is 6.78. The second-order valence-corrected chi connectivity index (χ2v) is 5.49. The van der Waals surface area contributed by atoms with Crippen LogP contribution in [0.4, 0.5) is 4.39 Å². The molecular weight excluding hydrogens is 269 g/mol. The summed E-state index contributed by atoms with van der Waals surface area (Å²) in [7, 11) is 0. The maximum atomic E-state index is 13.9. The Morgan fingerprint density at radius 2 is 2.32 bits per heavy atom. The molecule has 2 atom stereocenters. The Morgan fingerprint density at radius 1 is 1.58 bits per heavy atom. The molecule has 2 rings (SSSR count). The van der Waals surface area contributed by atoms with E-state index in [1.165, 1.54) is 6.07 Å². The molecule has 5 heteroatoms. The molecule has 0 spiro atoms. The third kappa shape index (κ3) is 3.07. The van der Waals surface area contributed by atoms with Crippen molar-refractivity contribution in [2.75, 3.05) is 6.54 Å². The van der Waals surface area contributed by atoms with Crippen LogP contribution in [0, 0.1) is 11.7 Å². The fraction of sp³-hybridized carbons (Fsp3) is 0.500. The predicted octanol–water partition coefficient (Wildman–Crippen LogP) is 3.16. The standard InChI is InChI=1S/C14H17ClFNO2/c1-9-4-3-7-17(13(9)14(18)19)8-10-5-2-6-11(15)12(10)16/h2,5-6,9,13H,3-4,7-8H2,1H3,(H,18,19). The predicted molar refractivity (Wildman–Crippen MR) is 71.6 cm³/mol. The normalized spacial score (nSPS) is 24.4. The molecule has 1 aromatic rings. The summed E-state index contributed by atoms with van der Waals surface area (Å²) in [6.07, 6.45) is 1.83. The molecule has 0 saturated carbocycles. The van der Waals surface area contributed by atoms with E-state index < -0.39 is 17.8 Å². The first kappa shape index (κ1) is 14.3. The summed E-state index contributed by atoms with van der Waals surface area (Å²) in [6, 6.07) is 4.28. The van der Waals surface area contributed by atoms with Gasteiger partial charge >= 0.3 is 5.97 Å². The van der Waals surface area contributed by atoms with Gasteiger partial charge in [0.25, 0.3) is 0 Å². The maximum Gasteiger partial charge on any atom is 0.321 e. The number of carboxylic acid groups (broad SMARTS) is 1. The van der Waals surface area contributed by atoms with Crippen molar-refractivity contribution in [2.45, 2.75) is 32.4 Å². The third-order valence-corrected chi connectivity index (χ3v) is 3.99. The Labute approximate surface area is 117 Å². The van der Waals surface area contributed by atoms with E-state index in [0.717, 1.165) is 12.8 Å². The van der Waals surface area contributed by atoms with Crippen molar-refractivity contribution >= 4 is 17.6 Å². The number of carboxylic acids is 1. The Hall–Kier alpha value is -1.13. The average molecular weight is 286 g/mol. The highest BCUT2D eigenvalue weighted by Gasteiger charge is 2.34. The average Bonchev–Trinajstić information content (AvgIpc) is 2.34. The Kier molecular flexibility index (Phi) is 4.42. The minimum Gasteiger partial charge on any atom is -0.480 e. The van der Waals surface area contributed by atoms with Gasteiger partial charge in [0.05, 0.1) is 5.02 Å². The van der Waals surface area contributed by atoms with Crippen molar-refractivity contribution in [2.24, 2.45) is 5.92 Å². The van der Waals surface area contributed by atoms with Crippen LogP contribution in [0.1, 0.15) is 25.3 Å². The zero-order valence-corrected chi connectivity index (χ0v) is 11.5. The highest BCUT2D eigenvalue weighted by atomic mass is 35.5. The van der Waals surface area contributed by atoms with Gasteiger partial charge in [-0.2, -0.15) is 0 Å². The number of nitrogens with zero attached hydrogens (tertiary/aromatic N) is 1. The maximum absolute atomic E-state index is 13.9. The molecule has 1 saturated heterocycles. The number of piperidine rings is 1. The van der Waals surface area contributed by atoms with Crippen LogP contribution < -0.4 is 0 Å². The Morgan fingerprint density at radius 3 is 3.00 bits per heavy atom. The number of hydrogen-bond acceptors (Lipinski definition) is 2. The molecule has 1 aliphatic rings. The quantitative estimate of drug-likeness (QED) is 0.927. The van der Waals surface area contributed by atoms with Gasteiger partial charge in [-0.15, -0.1) is 0 Å². The van der Waals surface area contributed by atoms with E-state index in [1.807, 2.05) is 11.8 Å². The first-order valence-electron chi connectivity index (χ1n) is 6.40. The van der Waals surface area contributed by atoms with Gasteiger partial charge in [-0.05, 0) is 31.4 Å².